The molecule has 0 saturated heterocycles. The fourth-order valence-corrected chi connectivity index (χ4v) is 2.43. The highest BCUT2D eigenvalue weighted by Gasteiger charge is 2.21. The minimum atomic E-state index is 1.16. The molecular formula is C16H14. The molecular weight excluding hydrogens is 192 g/mol. The molecule has 0 atom stereocenters. The van der Waals surface area contributed by atoms with E-state index in [1.54, 1.807) is 0 Å². The first-order valence-electron chi connectivity index (χ1n) is 5.58. The van der Waals surface area contributed by atoms with Crippen molar-refractivity contribution in [2.75, 3.05) is 0 Å². The Hall–Kier alpha value is -1.82. The van der Waals surface area contributed by atoms with Crippen molar-refractivity contribution in [2.45, 2.75) is 13.8 Å². The second-order valence-corrected chi connectivity index (χ2v) is 4.58. The molecule has 0 fully saturated rings. The van der Waals surface area contributed by atoms with Crippen molar-refractivity contribution in [1.29, 1.82) is 0 Å². The van der Waals surface area contributed by atoms with Crippen molar-refractivity contribution >= 4 is 5.57 Å². The predicted molar refractivity (Wildman–Crippen MR) is 69.5 cm³/mol. The van der Waals surface area contributed by atoms with Gasteiger partial charge in [-0.05, 0) is 41.7 Å². The van der Waals surface area contributed by atoms with Gasteiger partial charge in [-0.15, -0.1) is 0 Å². The largest absolute Gasteiger partial charge is 0.0905 e. The molecule has 0 N–H and O–H groups in total. The molecule has 78 valence electrons. The predicted octanol–water partition coefficient (Wildman–Crippen LogP) is 4.35. The maximum atomic E-state index is 4.22. The molecule has 16 heavy (non-hydrogen) atoms. The molecule has 3 rings (SSSR count). The van der Waals surface area contributed by atoms with E-state index in [0.717, 1.165) is 5.57 Å². The van der Waals surface area contributed by atoms with Gasteiger partial charge in [0.05, 0.1) is 0 Å². The number of hydrogen-bond donors (Lipinski definition) is 0. The Kier molecular flexibility index (Phi) is 1.81. The van der Waals surface area contributed by atoms with Gasteiger partial charge in [0.2, 0.25) is 0 Å². The Morgan fingerprint density at radius 1 is 0.688 bits per heavy atom. The lowest BCUT2D eigenvalue weighted by molar-refractivity contribution is 1.46. The van der Waals surface area contributed by atoms with E-state index in [2.05, 4.69) is 56.8 Å². The molecule has 0 heteroatoms. The summed E-state index contributed by atoms with van der Waals surface area (Å²) in [6.07, 6.45) is 0. The molecule has 0 heterocycles. The first-order valence-corrected chi connectivity index (χ1v) is 5.58. The second-order valence-electron chi connectivity index (χ2n) is 4.58. The van der Waals surface area contributed by atoms with Crippen LogP contribution >= 0.6 is 0 Å². The van der Waals surface area contributed by atoms with E-state index >= 15 is 0 Å². The molecule has 2 aromatic carbocycles. The monoisotopic (exact) mass is 206 g/mol. The molecule has 1 aliphatic rings. The minimum absolute atomic E-state index is 1.16. The van der Waals surface area contributed by atoms with Gasteiger partial charge in [-0.3, -0.25) is 0 Å². The first-order chi connectivity index (χ1) is 7.66. The summed E-state index contributed by atoms with van der Waals surface area (Å²) in [6, 6.07) is 13.2. The summed E-state index contributed by atoms with van der Waals surface area (Å²) in [4.78, 5) is 0. The summed E-state index contributed by atoms with van der Waals surface area (Å²) in [5.41, 5.74) is 8.99. The molecule has 1 aliphatic carbocycles. The third-order valence-electron chi connectivity index (χ3n) is 3.29. The fourth-order valence-electron chi connectivity index (χ4n) is 2.43. The lowest BCUT2D eigenvalue weighted by atomic mass is 10.0. The van der Waals surface area contributed by atoms with Crippen LogP contribution in [0.1, 0.15) is 22.3 Å². The first kappa shape index (κ1) is 9.41. The van der Waals surface area contributed by atoms with Crippen molar-refractivity contribution in [3.05, 3.63) is 65.2 Å². The third-order valence-corrected chi connectivity index (χ3v) is 3.29. The molecule has 0 radical (unpaired) electrons. The van der Waals surface area contributed by atoms with Crippen molar-refractivity contribution in [1.82, 2.24) is 0 Å². The van der Waals surface area contributed by atoms with Crippen molar-refractivity contribution < 1.29 is 0 Å². The van der Waals surface area contributed by atoms with E-state index in [9.17, 15) is 0 Å². The van der Waals surface area contributed by atoms with Gasteiger partial charge in [-0.1, -0.05) is 54.1 Å². The number of rotatable bonds is 0. The van der Waals surface area contributed by atoms with E-state index in [0.29, 0.717) is 0 Å². The summed E-state index contributed by atoms with van der Waals surface area (Å²) >= 11 is 0. The van der Waals surface area contributed by atoms with Gasteiger partial charge in [0, 0.05) is 0 Å². The molecule has 2 aromatic rings. The molecule has 0 spiro atoms. The molecule has 0 unspecified atom stereocenters. The van der Waals surface area contributed by atoms with Crippen molar-refractivity contribution in [3.8, 4) is 11.1 Å². The Bertz CT molecular complexity index is 550. The Labute approximate surface area is 96.3 Å². The quantitative estimate of drug-likeness (QED) is 0.513. The Morgan fingerprint density at radius 2 is 1.12 bits per heavy atom. The van der Waals surface area contributed by atoms with E-state index in [-0.39, 0.29) is 0 Å². The average molecular weight is 206 g/mol. The lowest BCUT2D eigenvalue weighted by Crippen LogP contribution is -1.80. The van der Waals surface area contributed by atoms with Gasteiger partial charge in [-0.25, -0.2) is 0 Å². The Morgan fingerprint density at radius 3 is 1.56 bits per heavy atom. The van der Waals surface area contributed by atoms with Gasteiger partial charge in [0.15, 0.2) is 0 Å². The van der Waals surface area contributed by atoms with Crippen molar-refractivity contribution in [2.24, 2.45) is 0 Å². The normalized spacial score (nSPS) is 12.5. The number of fused-ring (bicyclic) bond motifs is 3. The number of hydrogen-bond acceptors (Lipinski definition) is 0. The molecule has 0 bridgehead atoms. The summed E-state index contributed by atoms with van der Waals surface area (Å²) in [6.45, 7) is 8.47. The second kappa shape index (κ2) is 3.08. The Balaban J connectivity index is 2.34. The summed E-state index contributed by atoms with van der Waals surface area (Å²) < 4.78 is 0. The van der Waals surface area contributed by atoms with Crippen LogP contribution in [0.3, 0.4) is 0 Å². The molecule has 0 aromatic heterocycles. The smallest absolute Gasteiger partial charge is 0.00990 e. The zero-order chi connectivity index (χ0) is 11.3. The van der Waals surface area contributed by atoms with Crippen LogP contribution in [-0.4, -0.2) is 0 Å². The van der Waals surface area contributed by atoms with Crippen molar-refractivity contribution in [3.63, 3.8) is 0 Å². The van der Waals surface area contributed by atoms with Gasteiger partial charge in [0.25, 0.3) is 0 Å². The summed E-state index contributed by atoms with van der Waals surface area (Å²) in [5.74, 6) is 0. The number of benzene rings is 2. The van der Waals surface area contributed by atoms with Crippen LogP contribution in [0.15, 0.2) is 43.0 Å². The SMILES string of the molecule is C=C1c2cc(C)ccc2-c2ccc(C)cc21. The molecule has 0 aliphatic heterocycles. The molecule has 0 amide bonds. The summed E-state index contributed by atoms with van der Waals surface area (Å²) in [7, 11) is 0. The van der Waals surface area contributed by atoms with Crippen LogP contribution < -0.4 is 0 Å². The van der Waals surface area contributed by atoms with E-state index in [1.165, 1.54) is 33.4 Å². The highest BCUT2D eigenvalue weighted by atomic mass is 14.2. The molecule has 0 saturated carbocycles. The maximum Gasteiger partial charge on any atom is -0.00990 e. The van der Waals surface area contributed by atoms with Crippen LogP contribution in [0, 0.1) is 13.8 Å². The van der Waals surface area contributed by atoms with Crippen LogP contribution in [0.5, 0.6) is 0 Å². The van der Waals surface area contributed by atoms with Crippen LogP contribution in [-0.2, 0) is 0 Å². The number of aryl methyl sites for hydroxylation is 2. The van der Waals surface area contributed by atoms with E-state index in [4.69, 9.17) is 0 Å². The fraction of sp³-hybridized carbons (Fsp3) is 0.125. The standard InChI is InChI=1S/C16H14/c1-10-4-6-13-14-7-5-11(2)9-16(14)12(3)15(13)8-10/h4-9H,3H2,1-2H3. The van der Waals surface area contributed by atoms with Gasteiger partial charge in [0.1, 0.15) is 0 Å². The lowest BCUT2D eigenvalue weighted by Gasteiger charge is -2.01. The minimum Gasteiger partial charge on any atom is -0.0905 e. The zero-order valence-electron chi connectivity index (χ0n) is 9.67. The van der Waals surface area contributed by atoms with Crippen LogP contribution in [0.4, 0.5) is 0 Å². The average Bonchev–Trinajstić information content (AvgIpc) is 2.53. The van der Waals surface area contributed by atoms with E-state index in [1.807, 2.05) is 0 Å². The van der Waals surface area contributed by atoms with Gasteiger partial charge >= 0.3 is 0 Å². The van der Waals surface area contributed by atoms with Crippen LogP contribution in [0.2, 0.25) is 0 Å². The third kappa shape index (κ3) is 1.16. The molecule has 0 nitrogen and oxygen atoms in total. The van der Waals surface area contributed by atoms with Gasteiger partial charge in [-0.2, -0.15) is 0 Å². The topological polar surface area (TPSA) is 0 Å². The highest BCUT2D eigenvalue weighted by Crippen LogP contribution is 2.43. The van der Waals surface area contributed by atoms with E-state index < -0.39 is 0 Å². The maximum absolute atomic E-state index is 4.22. The highest BCUT2D eigenvalue weighted by molar-refractivity contribution is 6.00. The van der Waals surface area contributed by atoms with Gasteiger partial charge < -0.3 is 0 Å². The summed E-state index contributed by atoms with van der Waals surface area (Å²) in [5, 5.41) is 0. The zero-order valence-corrected chi connectivity index (χ0v) is 9.67. The van der Waals surface area contributed by atoms with Crippen LogP contribution in [0.25, 0.3) is 16.7 Å².